The molecule has 0 atom stereocenters. The van der Waals surface area contributed by atoms with Crippen LogP contribution < -0.4 is 15.1 Å². The van der Waals surface area contributed by atoms with E-state index in [0.29, 0.717) is 12.5 Å². The van der Waals surface area contributed by atoms with Gasteiger partial charge in [0.2, 0.25) is 5.95 Å². The van der Waals surface area contributed by atoms with Gasteiger partial charge in [-0.15, -0.1) is 0 Å². The lowest BCUT2D eigenvalue weighted by atomic mass is 10.2. The van der Waals surface area contributed by atoms with Gasteiger partial charge in [0, 0.05) is 45.1 Å². The van der Waals surface area contributed by atoms with Gasteiger partial charge in [0.1, 0.15) is 17.5 Å². The van der Waals surface area contributed by atoms with E-state index in [0.717, 1.165) is 43.4 Å². The summed E-state index contributed by atoms with van der Waals surface area (Å²) < 4.78 is 13.0. The summed E-state index contributed by atoms with van der Waals surface area (Å²) in [6.45, 7) is 4.12. The van der Waals surface area contributed by atoms with Crippen molar-refractivity contribution in [3.8, 4) is 0 Å². The second kappa shape index (κ2) is 7.99. The molecule has 1 fully saturated rings. The molecule has 0 spiro atoms. The van der Waals surface area contributed by atoms with Crippen LogP contribution in [0, 0.1) is 5.82 Å². The number of anilines is 3. The maximum absolute atomic E-state index is 13.0. The molecule has 3 heterocycles. The van der Waals surface area contributed by atoms with Crippen LogP contribution in [0.1, 0.15) is 5.56 Å². The first kappa shape index (κ1) is 17.2. The predicted molar refractivity (Wildman–Crippen MR) is 104 cm³/mol. The summed E-state index contributed by atoms with van der Waals surface area (Å²) >= 11 is 0. The van der Waals surface area contributed by atoms with Crippen molar-refractivity contribution in [3.05, 3.63) is 72.3 Å². The van der Waals surface area contributed by atoms with E-state index in [-0.39, 0.29) is 5.82 Å². The van der Waals surface area contributed by atoms with Crippen LogP contribution in [0.15, 0.2) is 60.9 Å². The molecule has 6 nitrogen and oxygen atoms in total. The van der Waals surface area contributed by atoms with Crippen molar-refractivity contribution in [3.63, 3.8) is 0 Å². The molecule has 3 aromatic rings. The van der Waals surface area contributed by atoms with Crippen LogP contribution in [0.2, 0.25) is 0 Å². The fourth-order valence-electron chi connectivity index (χ4n) is 3.10. The molecule has 27 heavy (non-hydrogen) atoms. The molecular formula is C20H21FN6. The molecule has 138 valence electrons. The van der Waals surface area contributed by atoms with E-state index in [2.05, 4.69) is 30.1 Å². The SMILES string of the molecule is Fc1ccc(CNc2nccc(N3CCN(c4ccccn4)CC3)n2)cc1. The zero-order valence-corrected chi connectivity index (χ0v) is 14.9. The van der Waals surface area contributed by atoms with Crippen molar-refractivity contribution in [2.24, 2.45) is 0 Å². The van der Waals surface area contributed by atoms with Gasteiger partial charge in [0.05, 0.1) is 0 Å². The van der Waals surface area contributed by atoms with Crippen LogP contribution in [-0.2, 0) is 6.54 Å². The molecule has 4 rings (SSSR count). The van der Waals surface area contributed by atoms with E-state index in [1.54, 1.807) is 18.3 Å². The fourth-order valence-corrected chi connectivity index (χ4v) is 3.10. The Kier molecular flexibility index (Phi) is 5.09. The fraction of sp³-hybridized carbons (Fsp3) is 0.250. The highest BCUT2D eigenvalue weighted by molar-refractivity contribution is 5.46. The molecule has 0 unspecified atom stereocenters. The van der Waals surface area contributed by atoms with Crippen molar-refractivity contribution in [1.82, 2.24) is 15.0 Å². The number of aromatic nitrogens is 3. The van der Waals surface area contributed by atoms with E-state index < -0.39 is 0 Å². The number of hydrogen-bond donors (Lipinski definition) is 1. The van der Waals surface area contributed by atoms with Crippen molar-refractivity contribution in [2.45, 2.75) is 6.54 Å². The molecule has 2 aromatic heterocycles. The topological polar surface area (TPSA) is 57.2 Å². The van der Waals surface area contributed by atoms with Crippen molar-refractivity contribution in [2.75, 3.05) is 41.3 Å². The molecule has 7 heteroatoms. The average Bonchev–Trinajstić information content (AvgIpc) is 2.74. The van der Waals surface area contributed by atoms with E-state index >= 15 is 0 Å². The van der Waals surface area contributed by atoms with Gasteiger partial charge in [-0.25, -0.2) is 14.4 Å². The van der Waals surface area contributed by atoms with Gasteiger partial charge in [-0.2, -0.15) is 4.98 Å². The Balaban J connectivity index is 1.36. The predicted octanol–water partition coefficient (Wildman–Crippen LogP) is 2.95. The van der Waals surface area contributed by atoms with Crippen molar-refractivity contribution < 1.29 is 4.39 Å². The highest BCUT2D eigenvalue weighted by atomic mass is 19.1. The van der Waals surface area contributed by atoms with E-state index in [1.807, 2.05) is 30.5 Å². The Labute approximate surface area is 157 Å². The smallest absolute Gasteiger partial charge is 0.224 e. The lowest BCUT2D eigenvalue weighted by molar-refractivity contribution is 0.627. The summed E-state index contributed by atoms with van der Waals surface area (Å²) in [6.07, 6.45) is 3.59. The maximum Gasteiger partial charge on any atom is 0.224 e. The molecule has 1 aliphatic heterocycles. The Morgan fingerprint density at radius 2 is 1.56 bits per heavy atom. The normalized spacial score (nSPS) is 14.3. The minimum Gasteiger partial charge on any atom is -0.353 e. The lowest BCUT2D eigenvalue weighted by Gasteiger charge is -2.36. The van der Waals surface area contributed by atoms with Gasteiger partial charge in [0.25, 0.3) is 0 Å². The molecule has 0 saturated carbocycles. The van der Waals surface area contributed by atoms with E-state index in [1.165, 1.54) is 12.1 Å². The molecule has 1 N–H and O–H groups in total. The number of nitrogens with zero attached hydrogens (tertiary/aromatic N) is 5. The Morgan fingerprint density at radius 1 is 0.815 bits per heavy atom. The van der Waals surface area contributed by atoms with Crippen LogP contribution in [0.5, 0.6) is 0 Å². The summed E-state index contributed by atoms with van der Waals surface area (Å²) in [4.78, 5) is 17.9. The average molecular weight is 364 g/mol. The molecule has 0 bridgehead atoms. The van der Waals surface area contributed by atoms with Crippen LogP contribution in [0.3, 0.4) is 0 Å². The zero-order valence-electron chi connectivity index (χ0n) is 14.9. The number of piperazine rings is 1. The number of nitrogens with one attached hydrogen (secondary N) is 1. The number of rotatable bonds is 5. The van der Waals surface area contributed by atoms with Gasteiger partial charge in [-0.05, 0) is 35.9 Å². The summed E-state index contributed by atoms with van der Waals surface area (Å²) in [5.74, 6) is 2.26. The number of pyridine rings is 1. The highest BCUT2D eigenvalue weighted by Gasteiger charge is 2.19. The first-order valence-electron chi connectivity index (χ1n) is 9.00. The van der Waals surface area contributed by atoms with Crippen LogP contribution in [0.4, 0.5) is 22.0 Å². The largest absolute Gasteiger partial charge is 0.353 e. The first-order valence-corrected chi connectivity index (χ1v) is 9.00. The second-order valence-corrected chi connectivity index (χ2v) is 6.38. The summed E-state index contributed by atoms with van der Waals surface area (Å²) in [5.41, 5.74) is 0.981. The van der Waals surface area contributed by atoms with Crippen LogP contribution in [0.25, 0.3) is 0 Å². The number of halogens is 1. The minimum absolute atomic E-state index is 0.234. The Morgan fingerprint density at radius 3 is 2.26 bits per heavy atom. The second-order valence-electron chi connectivity index (χ2n) is 6.38. The lowest BCUT2D eigenvalue weighted by Crippen LogP contribution is -2.47. The third-order valence-electron chi connectivity index (χ3n) is 4.58. The van der Waals surface area contributed by atoms with Gasteiger partial charge in [0.15, 0.2) is 0 Å². The van der Waals surface area contributed by atoms with Gasteiger partial charge in [-0.3, -0.25) is 0 Å². The van der Waals surface area contributed by atoms with Gasteiger partial charge < -0.3 is 15.1 Å². The quantitative estimate of drug-likeness (QED) is 0.751. The first-order chi connectivity index (χ1) is 13.3. The van der Waals surface area contributed by atoms with E-state index in [9.17, 15) is 4.39 Å². The summed E-state index contributed by atoms with van der Waals surface area (Å²) in [6, 6.07) is 14.3. The molecule has 1 saturated heterocycles. The third kappa shape index (κ3) is 4.31. The van der Waals surface area contributed by atoms with Crippen LogP contribution in [-0.4, -0.2) is 41.1 Å². The Hall–Kier alpha value is -3.22. The van der Waals surface area contributed by atoms with E-state index in [4.69, 9.17) is 0 Å². The zero-order chi connectivity index (χ0) is 18.5. The monoisotopic (exact) mass is 364 g/mol. The van der Waals surface area contributed by atoms with Crippen molar-refractivity contribution >= 4 is 17.6 Å². The number of hydrogen-bond acceptors (Lipinski definition) is 6. The van der Waals surface area contributed by atoms with Crippen molar-refractivity contribution in [1.29, 1.82) is 0 Å². The third-order valence-corrected chi connectivity index (χ3v) is 4.58. The molecule has 0 amide bonds. The van der Waals surface area contributed by atoms with Gasteiger partial charge >= 0.3 is 0 Å². The standard InChI is InChI=1S/C20H21FN6/c21-17-6-4-16(5-7-17)15-24-20-23-10-8-19(25-20)27-13-11-26(12-14-27)18-3-1-2-9-22-18/h1-10H,11-15H2,(H,23,24,25). The van der Waals surface area contributed by atoms with Gasteiger partial charge in [-0.1, -0.05) is 18.2 Å². The number of benzene rings is 1. The highest BCUT2D eigenvalue weighted by Crippen LogP contribution is 2.18. The van der Waals surface area contributed by atoms with Crippen LogP contribution >= 0.6 is 0 Å². The summed E-state index contributed by atoms with van der Waals surface area (Å²) in [7, 11) is 0. The maximum atomic E-state index is 13.0. The Bertz CT molecular complexity index is 863. The minimum atomic E-state index is -0.234. The molecule has 0 radical (unpaired) electrons. The molecule has 0 aliphatic carbocycles. The molecule has 1 aromatic carbocycles. The molecule has 1 aliphatic rings. The molecular weight excluding hydrogens is 343 g/mol. The summed E-state index contributed by atoms with van der Waals surface area (Å²) in [5, 5.41) is 3.20.